The highest BCUT2D eigenvalue weighted by Crippen LogP contribution is 2.17. The first-order valence-corrected chi connectivity index (χ1v) is 8.68. The van der Waals surface area contributed by atoms with Crippen molar-refractivity contribution in [3.8, 4) is 0 Å². The largest absolute Gasteiger partial charge is 0.466 e. The minimum atomic E-state index is -0.476. The van der Waals surface area contributed by atoms with E-state index in [1.807, 2.05) is 27.7 Å². The van der Waals surface area contributed by atoms with Crippen molar-refractivity contribution in [1.82, 2.24) is 10.2 Å². The van der Waals surface area contributed by atoms with Crippen molar-refractivity contribution in [2.45, 2.75) is 71.4 Å². The van der Waals surface area contributed by atoms with Gasteiger partial charge >= 0.3 is 12.1 Å². The first-order valence-electron chi connectivity index (χ1n) is 8.68. The maximum atomic E-state index is 11.8. The van der Waals surface area contributed by atoms with Gasteiger partial charge in [-0.05, 0) is 60.0 Å². The van der Waals surface area contributed by atoms with Gasteiger partial charge in [-0.25, -0.2) is 4.79 Å². The van der Waals surface area contributed by atoms with E-state index >= 15 is 0 Å². The predicted octanol–water partition coefficient (Wildman–Crippen LogP) is 2.71. The van der Waals surface area contributed by atoms with Crippen molar-refractivity contribution in [2.75, 3.05) is 26.2 Å². The van der Waals surface area contributed by atoms with Gasteiger partial charge in [0.25, 0.3) is 0 Å². The third-order valence-corrected chi connectivity index (χ3v) is 3.76. The SMILES string of the molecule is CCOC(=O)CCCN1CCCCC1CNC(=O)OC(C)(C)C. The minimum absolute atomic E-state index is 0.132. The van der Waals surface area contributed by atoms with Gasteiger partial charge in [-0.1, -0.05) is 6.42 Å². The Morgan fingerprint density at radius 3 is 2.65 bits per heavy atom. The highest BCUT2D eigenvalue weighted by molar-refractivity contribution is 5.69. The van der Waals surface area contributed by atoms with Gasteiger partial charge in [0.15, 0.2) is 0 Å². The molecule has 0 radical (unpaired) electrons. The summed E-state index contributed by atoms with van der Waals surface area (Å²) in [6, 6.07) is 0.318. The van der Waals surface area contributed by atoms with Gasteiger partial charge in [0.1, 0.15) is 5.60 Å². The Labute approximate surface area is 139 Å². The second-order valence-corrected chi connectivity index (χ2v) is 6.98. The lowest BCUT2D eigenvalue weighted by atomic mass is 10.0. The summed E-state index contributed by atoms with van der Waals surface area (Å²) in [4.78, 5) is 25.5. The number of likely N-dealkylation sites (tertiary alicyclic amines) is 1. The van der Waals surface area contributed by atoms with Crippen LogP contribution in [0.3, 0.4) is 0 Å². The summed E-state index contributed by atoms with van der Waals surface area (Å²) in [6.45, 7) is 10.3. The molecule has 0 saturated carbocycles. The standard InChI is InChI=1S/C17H32N2O4/c1-5-22-15(20)10-8-12-19-11-7-6-9-14(19)13-18-16(21)23-17(2,3)4/h14H,5-13H2,1-4H3,(H,18,21). The molecule has 1 N–H and O–H groups in total. The zero-order valence-electron chi connectivity index (χ0n) is 15.0. The van der Waals surface area contributed by atoms with E-state index in [9.17, 15) is 9.59 Å². The molecule has 0 aromatic rings. The number of alkyl carbamates (subject to hydrolysis) is 1. The number of rotatable bonds is 7. The highest BCUT2D eigenvalue weighted by atomic mass is 16.6. The van der Waals surface area contributed by atoms with Crippen LogP contribution in [0.25, 0.3) is 0 Å². The number of nitrogens with one attached hydrogen (secondary N) is 1. The number of amides is 1. The van der Waals surface area contributed by atoms with E-state index in [-0.39, 0.29) is 12.1 Å². The number of hydrogen-bond acceptors (Lipinski definition) is 5. The predicted molar refractivity (Wildman–Crippen MR) is 89.3 cm³/mol. The normalized spacial score (nSPS) is 19.2. The molecular weight excluding hydrogens is 296 g/mol. The second kappa shape index (κ2) is 9.75. The summed E-state index contributed by atoms with van der Waals surface area (Å²) in [6.07, 6.45) is 4.29. The molecule has 0 bridgehead atoms. The molecule has 1 aliphatic heterocycles. The van der Waals surface area contributed by atoms with Gasteiger partial charge in [0, 0.05) is 19.0 Å². The average molecular weight is 328 g/mol. The van der Waals surface area contributed by atoms with Crippen LogP contribution in [-0.2, 0) is 14.3 Å². The molecule has 0 aromatic carbocycles. The number of esters is 1. The van der Waals surface area contributed by atoms with Gasteiger partial charge in [-0.3, -0.25) is 9.69 Å². The fourth-order valence-corrected chi connectivity index (χ4v) is 2.76. The van der Waals surface area contributed by atoms with E-state index < -0.39 is 5.60 Å². The van der Waals surface area contributed by atoms with Gasteiger partial charge in [0.05, 0.1) is 6.61 Å². The first-order chi connectivity index (χ1) is 10.8. The molecule has 1 saturated heterocycles. The number of hydrogen-bond donors (Lipinski definition) is 1. The number of ether oxygens (including phenoxy) is 2. The summed E-state index contributed by atoms with van der Waals surface area (Å²) < 4.78 is 10.2. The van der Waals surface area contributed by atoms with E-state index in [0.717, 1.165) is 25.9 Å². The van der Waals surface area contributed by atoms with E-state index in [0.29, 0.717) is 25.6 Å². The fraction of sp³-hybridized carbons (Fsp3) is 0.882. The van der Waals surface area contributed by atoms with Crippen molar-refractivity contribution in [2.24, 2.45) is 0 Å². The number of piperidine rings is 1. The van der Waals surface area contributed by atoms with E-state index in [1.54, 1.807) is 0 Å². The zero-order valence-corrected chi connectivity index (χ0v) is 15.0. The Bertz CT molecular complexity index is 379. The van der Waals surface area contributed by atoms with E-state index in [1.165, 1.54) is 12.8 Å². The van der Waals surface area contributed by atoms with Crippen LogP contribution < -0.4 is 5.32 Å². The van der Waals surface area contributed by atoms with Crippen molar-refractivity contribution in [1.29, 1.82) is 0 Å². The molecule has 1 unspecified atom stereocenters. The Morgan fingerprint density at radius 2 is 2.00 bits per heavy atom. The molecular formula is C17H32N2O4. The van der Waals surface area contributed by atoms with Crippen LogP contribution in [0, 0.1) is 0 Å². The Hall–Kier alpha value is -1.30. The second-order valence-electron chi connectivity index (χ2n) is 6.98. The van der Waals surface area contributed by atoms with Crippen LogP contribution in [0.15, 0.2) is 0 Å². The van der Waals surface area contributed by atoms with E-state index in [2.05, 4.69) is 10.2 Å². The lowest BCUT2D eigenvalue weighted by Crippen LogP contribution is -2.47. The zero-order chi connectivity index (χ0) is 17.3. The van der Waals surface area contributed by atoms with Gasteiger partial charge in [-0.15, -0.1) is 0 Å². The van der Waals surface area contributed by atoms with E-state index in [4.69, 9.17) is 9.47 Å². The van der Waals surface area contributed by atoms with Crippen molar-refractivity contribution in [3.05, 3.63) is 0 Å². The average Bonchev–Trinajstić information content (AvgIpc) is 2.45. The Balaban J connectivity index is 2.33. The summed E-state index contributed by atoms with van der Waals surface area (Å²) in [5.41, 5.74) is -0.476. The van der Waals surface area contributed by atoms with Gasteiger partial charge < -0.3 is 14.8 Å². The number of carbonyl (C=O) groups excluding carboxylic acids is 2. The van der Waals surface area contributed by atoms with Crippen LogP contribution >= 0.6 is 0 Å². The molecule has 1 amide bonds. The van der Waals surface area contributed by atoms with Gasteiger partial charge in [-0.2, -0.15) is 0 Å². The molecule has 1 atom stereocenters. The molecule has 0 aromatic heterocycles. The van der Waals surface area contributed by atoms with Crippen molar-refractivity contribution >= 4 is 12.1 Å². The topological polar surface area (TPSA) is 67.9 Å². The quantitative estimate of drug-likeness (QED) is 0.728. The van der Waals surface area contributed by atoms with Gasteiger partial charge in [0.2, 0.25) is 0 Å². The first kappa shape index (κ1) is 19.7. The molecule has 1 aliphatic rings. The molecule has 6 nitrogen and oxygen atoms in total. The molecule has 1 fully saturated rings. The van der Waals surface area contributed by atoms with Crippen LogP contribution in [0.2, 0.25) is 0 Å². The number of nitrogens with zero attached hydrogens (tertiary/aromatic N) is 1. The highest BCUT2D eigenvalue weighted by Gasteiger charge is 2.24. The molecule has 0 spiro atoms. The van der Waals surface area contributed by atoms with Crippen LogP contribution in [-0.4, -0.2) is 54.8 Å². The fourth-order valence-electron chi connectivity index (χ4n) is 2.76. The summed E-state index contributed by atoms with van der Waals surface area (Å²) >= 11 is 0. The summed E-state index contributed by atoms with van der Waals surface area (Å²) in [7, 11) is 0. The number of carbonyl (C=O) groups is 2. The monoisotopic (exact) mass is 328 g/mol. The smallest absolute Gasteiger partial charge is 0.407 e. The van der Waals surface area contributed by atoms with Crippen LogP contribution in [0.1, 0.15) is 59.8 Å². The third-order valence-electron chi connectivity index (χ3n) is 3.76. The lowest BCUT2D eigenvalue weighted by Gasteiger charge is -2.35. The van der Waals surface area contributed by atoms with Crippen LogP contribution in [0.4, 0.5) is 4.79 Å². The Kier molecular flexibility index (Phi) is 8.37. The third kappa shape index (κ3) is 8.79. The maximum Gasteiger partial charge on any atom is 0.407 e. The molecule has 1 heterocycles. The molecule has 134 valence electrons. The molecule has 23 heavy (non-hydrogen) atoms. The molecule has 6 heteroatoms. The molecule has 1 rings (SSSR count). The van der Waals surface area contributed by atoms with Crippen LogP contribution in [0.5, 0.6) is 0 Å². The summed E-state index contributed by atoms with van der Waals surface area (Å²) in [5, 5.41) is 2.86. The lowest BCUT2D eigenvalue weighted by molar-refractivity contribution is -0.143. The Morgan fingerprint density at radius 1 is 1.26 bits per heavy atom. The van der Waals surface area contributed by atoms with Crippen molar-refractivity contribution in [3.63, 3.8) is 0 Å². The summed E-state index contributed by atoms with van der Waals surface area (Å²) in [5.74, 6) is -0.132. The minimum Gasteiger partial charge on any atom is -0.466 e. The molecule has 0 aliphatic carbocycles. The maximum absolute atomic E-state index is 11.8. The van der Waals surface area contributed by atoms with Crippen molar-refractivity contribution < 1.29 is 19.1 Å².